The lowest BCUT2D eigenvalue weighted by molar-refractivity contribution is -0.128. The quantitative estimate of drug-likeness (QED) is 0.832. The highest BCUT2D eigenvalue weighted by molar-refractivity contribution is 7.99. The van der Waals surface area contributed by atoms with Gasteiger partial charge in [-0.25, -0.2) is 0 Å². The summed E-state index contributed by atoms with van der Waals surface area (Å²) in [6.07, 6.45) is 5.15. The lowest BCUT2D eigenvalue weighted by Gasteiger charge is -2.32. The zero-order chi connectivity index (χ0) is 15.5. The van der Waals surface area contributed by atoms with E-state index < -0.39 is 0 Å². The number of aryl methyl sites for hydroxylation is 1. The smallest absolute Gasteiger partial charge is 0.247 e. The topological polar surface area (TPSA) is 92.6 Å². The van der Waals surface area contributed by atoms with E-state index in [1.165, 1.54) is 0 Å². The molecule has 0 bridgehead atoms. The Bertz CT molecular complexity index is 679. The van der Waals surface area contributed by atoms with Gasteiger partial charge >= 0.3 is 0 Å². The molecule has 116 valence electrons. The number of aromatic amines is 1. The second kappa shape index (κ2) is 6.30. The summed E-state index contributed by atoms with van der Waals surface area (Å²) in [4.78, 5) is 14.3. The van der Waals surface area contributed by atoms with Crippen LogP contribution < -0.4 is 0 Å². The highest BCUT2D eigenvalue weighted by atomic mass is 32.2. The van der Waals surface area contributed by atoms with Crippen molar-refractivity contribution in [1.29, 1.82) is 0 Å². The summed E-state index contributed by atoms with van der Waals surface area (Å²) >= 11 is 1.79. The van der Waals surface area contributed by atoms with Crippen molar-refractivity contribution in [3.63, 3.8) is 0 Å². The van der Waals surface area contributed by atoms with Crippen LogP contribution in [0.3, 0.4) is 0 Å². The Balaban J connectivity index is 1.76. The van der Waals surface area contributed by atoms with Gasteiger partial charge in [0.05, 0.1) is 6.20 Å². The maximum absolute atomic E-state index is 12.5. The third-order valence-corrected chi connectivity index (χ3v) is 4.77. The summed E-state index contributed by atoms with van der Waals surface area (Å²) in [5.74, 6) is 2.22. The Kier molecular flexibility index (Phi) is 4.23. The standard InChI is InChI=1S/C13H17N7OS/c1-9-10(7-14-19(9)2)3-4-12(21)20-5-6-22-8-11(20)13-15-17-18-16-13/h3-4,7,11H,5-6,8H2,1-2H3,(H,15,16,17,18)/b4-3+. The molecule has 1 N–H and O–H groups in total. The van der Waals surface area contributed by atoms with Crippen molar-refractivity contribution in [2.75, 3.05) is 18.1 Å². The molecule has 0 spiro atoms. The number of thioether (sulfide) groups is 1. The lowest BCUT2D eigenvalue weighted by atomic mass is 10.2. The monoisotopic (exact) mass is 319 g/mol. The van der Waals surface area contributed by atoms with E-state index in [2.05, 4.69) is 25.7 Å². The van der Waals surface area contributed by atoms with Gasteiger partial charge < -0.3 is 4.90 Å². The molecule has 3 rings (SSSR count). The molecule has 1 unspecified atom stereocenters. The normalized spacial score (nSPS) is 19.0. The van der Waals surface area contributed by atoms with Crippen molar-refractivity contribution in [3.05, 3.63) is 29.4 Å². The Morgan fingerprint density at radius 1 is 1.55 bits per heavy atom. The first-order valence-electron chi connectivity index (χ1n) is 6.95. The third kappa shape index (κ3) is 2.89. The van der Waals surface area contributed by atoms with Crippen LogP contribution in [0.2, 0.25) is 0 Å². The number of hydrogen-bond donors (Lipinski definition) is 1. The van der Waals surface area contributed by atoms with Gasteiger partial charge in [-0.15, -0.1) is 10.2 Å². The number of nitrogens with zero attached hydrogens (tertiary/aromatic N) is 6. The van der Waals surface area contributed by atoms with E-state index in [9.17, 15) is 4.79 Å². The molecule has 1 aliphatic heterocycles. The maximum Gasteiger partial charge on any atom is 0.247 e. The van der Waals surface area contributed by atoms with Gasteiger partial charge in [0.2, 0.25) is 5.91 Å². The Morgan fingerprint density at radius 3 is 3.09 bits per heavy atom. The number of nitrogens with one attached hydrogen (secondary N) is 1. The van der Waals surface area contributed by atoms with Gasteiger partial charge in [-0.3, -0.25) is 9.48 Å². The molecule has 8 nitrogen and oxygen atoms in total. The highest BCUT2D eigenvalue weighted by Crippen LogP contribution is 2.27. The fourth-order valence-electron chi connectivity index (χ4n) is 2.33. The molecule has 1 amide bonds. The number of carbonyl (C=O) groups excluding carboxylic acids is 1. The van der Waals surface area contributed by atoms with Crippen LogP contribution in [0.4, 0.5) is 0 Å². The predicted octanol–water partition coefficient (Wildman–Crippen LogP) is 0.572. The number of H-pyrrole nitrogens is 1. The number of hydrogen-bond acceptors (Lipinski definition) is 6. The Labute approximate surface area is 132 Å². The highest BCUT2D eigenvalue weighted by Gasteiger charge is 2.30. The summed E-state index contributed by atoms with van der Waals surface area (Å²) in [7, 11) is 1.88. The number of amides is 1. The van der Waals surface area contributed by atoms with Gasteiger partial charge in [-0.05, 0) is 13.0 Å². The first kappa shape index (κ1) is 14.8. The molecule has 22 heavy (non-hydrogen) atoms. The van der Waals surface area contributed by atoms with E-state index >= 15 is 0 Å². The van der Waals surface area contributed by atoms with Gasteiger partial charge in [0.15, 0.2) is 5.82 Å². The first-order valence-corrected chi connectivity index (χ1v) is 8.10. The van der Waals surface area contributed by atoms with E-state index in [1.54, 1.807) is 39.7 Å². The van der Waals surface area contributed by atoms with E-state index in [0.717, 1.165) is 22.8 Å². The van der Waals surface area contributed by atoms with Crippen molar-refractivity contribution in [2.45, 2.75) is 13.0 Å². The first-order chi connectivity index (χ1) is 10.7. The maximum atomic E-state index is 12.5. The van der Waals surface area contributed by atoms with Crippen molar-refractivity contribution < 1.29 is 4.79 Å². The largest absolute Gasteiger partial charge is 0.327 e. The number of aromatic nitrogens is 6. The third-order valence-electron chi connectivity index (χ3n) is 3.75. The molecular formula is C13H17N7OS. The average Bonchev–Trinajstić information content (AvgIpc) is 3.17. The van der Waals surface area contributed by atoms with Crippen LogP contribution in [-0.2, 0) is 11.8 Å². The predicted molar refractivity (Wildman–Crippen MR) is 82.9 cm³/mol. The van der Waals surface area contributed by atoms with Crippen LogP contribution in [-0.4, -0.2) is 59.3 Å². The summed E-state index contributed by atoms with van der Waals surface area (Å²) in [5.41, 5.74) is 1.96. The van der Waals surface area contributed by atoms with Crippen LogP contribution >= 0.6 is 11.8 Å². The zero-order valence-corrected chi connectivity index (χ0v) is 13.2. The van der Waals surface area contributed by atoms with Gasteiger partial charge in [0, 0.05) is 42.4 Å². The summed E-state index contributed by atoms with van der Waals surface area (Å²) in [6, 6.07) is -0.135. The Hall–Kier alpha value is -2.16. The number of rotatable bonds is 3. The summed E-state index contributed by atoms with van der Waals surface area (Å²) in [6.45, 7) is 2.65. The minimum absolute atomic E-state index is 0.0432. The van der Waals surface area contributed by atoms with Crippen LogP contribution in [0.15, 0.2) is 12.3 Å². The summed E-state index contributed by atoms with van der Waals surface area (Å²) in [5, 5.41) is 18.2. The van der Waals surface area contributed by atoms with Crippen LogP contribution in [0.25, 0.3) is 6.08 Å². The lowest BCUT2D eigenvalue weighted by Crippen LogP contribution is -2.40. The van der Waals surface area contributed by atoms with Gasteiger partial charge in [0.1, 0.15) is 6.04 Å². The molecule has 0 saturated carbocycles. The second-order valence-corrected chi connectivity index (χ2v) is 6.18. The van der Waals surface area contributed by atoms with Crippen molar-refractivity contribution in [3.8, 4) is 0 Å². The van der Waals surface area contributed by atoms with E-state index in [1.807, 2.05) is 14.0 Å². The molecule has 0 aromatic carbocycles. The molecule has 9 heteroatoms. The van der Waals surface area contributed by atoms with Crippen LogP contribution in [0.1, 0.15) is 23.1 Å². The molecule has 0 radical (unpaired) electrons. The van der Waals surface area contributed by atoms with Crippen molar-refractivity contribution in [2.24, 2.45) is 7.05 Å². The number of carbonyl (C=O) groups is 1. The molecule has 1 fully saturated rings. The number of tetrazole rings is 1. The van der Waals surface area contributed by atoms with Crippen molar-refractivity contribution >= 4 is 23.7 Å². The molecule has 0 aliphatic carbocycles. The van der Waals surface area contributed by atoms with E-state index in [0.29, 0.717) is 12.4 Å². The Morgan fingerprint density at radius 2 is 2.41 bits per heavy atom. The zero-order valence-electron chi connectivity index (χ0n) is 12.4. The molecule has 1 atom stereocenters. The van der Waals surface area contributed by atoms with Gasteiger partial charge in [-0.1, -0.05) is 5.21 Å². The molecule has 3 heterocycles. The molecule has 1 saturated heterocycles. The molecular weight excluding hydrogens is 302 g/mol. The van der Waals surface area contributed by atoms with E-state index in [4.69, 9.17) is 0 Å². The average molecular weight is 319 g/mol. The molecule has 2 aromatic rings. The van der Waals surface area contributed by atoms with Crippen molar-refractivity contribution in [1.82, 2.24) is 35.3 Å². The fourth-order valence-corrected chi connectivity index (χ4v) is 3.37. The van der Waals surface area contributed by atoms with Crippen LogP contribution in [0, 0.1) is 6.92 Å². The molecule has 1 aliphatic rings. The van der Waals surface area contributed by atoms with E-state index in [-0.39, 0.29) is 11.9 Å². The van der Waals surface area contributed by atoms with Crippen LogP contribution in [0.5, 0.6) is 0 Å². The molecule has 2 aromatic heterocycles. The van der Waals surface area contributed by atoms with Gasteiger partial charge in [-0.2, -0.15) is 22.1 Å². The fraction of sp³-hybridized carbons (Fsp3) is 0.462. The second-order valence-electron chi connectivity index (χ2n) is 5.03. The SMILES string of the molecule is Cc1c(/C=C/C(=O)N2CCSCC2c2nn[nH]n2)cnn1C. The minimum atomic E-state index is -0.135. The summed E-state index contributed by atoms with van der Waals surface area (Å²) < 4.78 is 1.78. The minimum Gasteiger partial charge on any atom is -0.327 e. The van der Waals surface area contributed by atoms with Gasteiger partial charge in [0.25, 0.3) is 0 Å².